The number of thioether (sulfide) groups is 1. The molecule has 4 nitrogen and oxygen atoms in total. The number of rotatable bonds is 3. The molecule has 1 N–H and O–H groups in total. The summed E-state index contributed by atoms with van der Waals surface area (Å²) in [5, 5.41) is 10.2. The Morgan fingerprint density at radius 2 is 2.22 bits per heavy atom. The van der Waals surface area contributed by atoms with Gasteiger partial charge in [0, 0.05) is 11.3 Å². The van der Waals surface area contributed by atoms with Crippen molar-refractivity contribution in [2.75, 3.05) is 25.4 Å². The van der Waals surface area contributed by atoms with Crippen molar-refractivity contribution in [3.8, 4) is 0 Å². The number of benzene rings is 1. The van der Waals surface area contributed by atoms with Gasteiger partial charge in [-0.1, -0.05) is 30.3 Å². The summed E-state index contributed by atoms with van der Waals surface area (Å²) in [4.78, 5) is 13.1. The Bertz CT molecular complexity index is 501. The second-order valence-electron chi connectivity index (χ2n) is 4.53. The van der Waals surface area contributed by atoms with E-state index < -0.39 is 5.97 Å². The molecule has 5 heteroatoms. The number of amidine groups is 1. The van der Waals surface area contributed by atoms with Crippen molar-refractivity contribution in [3.63, 3.8) is 0 Å². The van der Waals surface area contributed by atoms with E-state index in [1.165, 1.54) is 5.56 Å². The molecular formula is C13H15N2O2S+. The molecule has 1 aromatic rings. The van der Waals surface area contributed by atoms with Crippen LogP contribution in [0.5, 0.6) is 0 Å². The molecule has 0 unspecified atom stereocenters. The van der Waals surface area contributed by atoms with Crippen molar-refractivity contribution < 1.29 is 14.5 Å². The lowest BCUT2D eigenvalue weighted by Gasteiger charge is -2.18. The molecule has 0 saturated heterocycles. The van der Waals surface area contributed by atoms with Gasteiger partial charge in [0.25, 0.3) is 0 Å². The quantitative estimate of drug-likeness (QED) is 0.833. The molecule has 94 valence electrons. The van der Waals surface area contributed by atoms with E-state index in [-0.39, 0.29) is 12.6 Å². The lowest BCUT2D eigenvalue weighted by Crippen LogP contribution is -2.34. The van der Waals surface area contributed by atoms with Crippen LogP contribution in [0, 0.1) is 0 Å². The van der Waals surface area contributed by atoms with Crippen LogP contribution in [0.15, 0.2) is 30.3 Å². The minimum absolute atomic E-state index is 0.0817. The molecule has 0 aromatic heterocycles. The monoisotopic (exact) mass is 263 g/mol. The number of carboxylic acid groups (broad SMARTS) is 1. The molecule has 0 fully saturated rings. The normalized spacial score (nSPS) is 22.4. The largest absolute Gasteiger partial charge is 0.478 e. The molecule has 18 heavy (non-hydrogen) atoms. The van der Waals surface area contributed by atoms with Crippen LogP contribution >= 0.6 is 11.8 Å². The second kappa shape index (κ2) is 4.65. The first kappa shape index (κ1) is 11.6. The third-order valence-electron chi connectivity index (χ3n) is 3.37. The highest BCUT2D eigenvalue weighted by Crippen LogP contribution is 2.32. The van der Waals surface area contributed by atoms with Crippen LogP contribution < -0.4 is 0 Å². The highest BCUT2D eigenvalue weighted by molar-refractivity contribution is 8.13. The van der Waals surface area contributed by atoms with E-state index in [9.17, 15) is 4.79 Å². The average molecular weight is 263 g/mol. The Morgan fingerprint density at radius 3 is 2.94 bits per heavy atom. The van der Waals surface area contributed by atoms with Crippen LogP contribution in [0.4, 0.5) is 0 Å². The molecule has 0 bridgehead atoms. The average Bonchev–Trinajstić information content (AvgIpc) is 2.93. The third-order valence-corrected chi connectivity index (χ3v) is 4.51. The van der Waals surface area contributed by atoms with E-state index in [4.69, 9.17) is 5.11 Å². The Kier molecular flexibility index (Phi) is 2.99. The summed E-state index contributed by atoms with van der Waals surface area (Å²) >= 11 is 1.77. The number of hydrogen-bond donors (Lipinski definition) is 1. The van der Waals surface area contributed by atoms with Crippen LogP contribution in [0.25, 0.3) is 0 Å². The van der Waals surface area contributed by atoms with Gasteiger partial charge in [-0.25, -0.2) is 9.69 Å². The molecule has 2 aliphatic heterocycles. The van der Waals surface area contributed by atoms with Gasteiger partial charge in [-0.2, -0.15) is 0 Å². The van der Waals surface area contributed by atoms with E-state index in [1.54, 1.807) is 11.8 Å². The fourth-order valence-electron chi connectivity index (χ4n) is 2.59. The zero-order chi connectivity index (χ0) is 12.5. The molecule has 0 radical (unpaired) electrons. The maximum atomic E-state index is 11.0. The summed E-state index contributed by atoms with van der Waals surface area (Å²) in [6, 6.07) is 10.3. The van der Waals surface area contributed by atoms with Gasteiger partial charge in [0.05, 0.1) is 6.54 Å². The van der Waals surface area contributed by atoms with Crippen molar-refractivity contribution in [2.24, 2.45) is 0 Å². The van der Waals surface area contributed by atoms with E-state index in [0.717, 1.165) is 24.0 Å². The van der Waals surface area contributed by atoms with Gasteiger partial charge < -0.3 is 5.11 Å². The smallest absolute Gasteiger partial charge is 0.345 e. The summed E-state index contributed by atoms with van der Waals surface area (Å²) in [7, 11) is 0. The fourth-order valence-corrected chi connectivity index (χ4v) is 3.79. The standard InChI is InChI=1S/C13H14N2O2S/c16-12(17)9-15-11(10-4-2-1-3-5-10)8-14-6-7-18-13(14)15/h1-5,11H,6-9H2/p+1/t11-/m1/s1. The molecule has 2 aliphatic rings. The summed E-state index contributed by atoms with van der Waals surface area (Å²) in [5.41, 5.74) is 1.20. The summed E-state index contributed by atoms with van der Waals surface area (Å²) < 4.78 is 2.30. The van der Waals surface area contributed by atoms with Gasteiger partial charge >= 0.3 is 11.1 Å². The SMILES string of the molecule is O=C(O)CN1C2=[N+](CCS2)C[C@@H]1c1ccccc1. The first-order chi connectivity index (χ1) is 8.75. The number of carbonyl (C=O) groups is 1. The van der Waals surface area contributed by atoms with Crippen LogP contribution in [-0.4, -0.2) is 51.1 Å². The third kappa shape index (κ3) is 1.99. The predicted molar refractivity (Wildman–Crippen MR) is 71.0 cm³/mol. The van der Waals surface area contributed by atoms with Crippen LogP contribution in [-0.2, 0) is 4.79 Å². The highest BCUT2D eigenvalue weighted by Gasteiger charge is 2.44. The van der Waals surface area contributed by atoms with E-state index in [1.807, 2.05) is 23.1 Å². The Hall–Kier alpha value is -1.49. The zero-order valence-corrected chi connectivity index (χ0v) is 10.8. The van der Waals surface area contributed by atoms with Crippen LogP contribution in [0.3, 0.4) is 0 Å². The first-order valence-corrected chi connectivity index (χ1v) is 7.02. The zero-order valence-electron chi connectivity index (χ0n) is 9.95. The van der Waals surface area contributed by atoms with Gasteiger partial charge in [0.2, 0.25) is 0 Å². The molecule has 0 aliphatic carbocycles. The van der Waals surface area contributed by atoms with Crippen molar-refractivity contribution >= 4 is 22.9 Å². The topological polar surface area (TPSA) is 43.5 Å². The summed E-state index contributed by atoms with van der Waals surface area (Å²) in [5.74, 6) is 0.297. The summed E-state index contributed by atoms with van der Waals surface area (Å²) in [6.45, 7) is 2.01. The maximum absolute atomic E-state index is 11.0. The molecule has 0 spiro atoms. The Labute approximate surface area is 110 Å². The van der Waals surface area contributed by atoms with E-state index >= 15 is 0 Å². The first-order valence-electron chi connectivity index (χ1n) is 6.04. The van der Waals surface area contributed by atoms with Crippen LogP contribution in [0.1, 0.15) is 11.6 Å². The van der Waals surface area contributed by atoms with Gasteiger partial charge in [0.1, 0.15) is 6.54 Å². The van der Waals surface area contributed by atoms with Crippen molar-refractivity contribution in [3.05, 3.63) is 35.9 Å². The lowest BCUT2D eigenvalue weighted by atomic mass is 10.1. The van der Waals surface area contributed by atoms with Gasteiger partial charge in [-0.15, -0.1) is 0 Å². The second-order valence-corrected chi connectivity index (χ2v) is 5.59. The Morgan fingerprint density at radius 1 is 1.44 bits per heavy atom. The van der Waals surface area contributed by atoms with E-state index in [0.29, 0.717) is 0 Å². The minimum Gasteiger partial charge on any atom is -0.478 e. The van der Waals surface area contributed by atoms with Gasteiger partial charge in [-0.05, 0) is 11.8 Å². The van der Waals surface area contributed by atoms with E-state index in [2.05, 4.69) is 16.7 Å². The molecule has 3 rings (SSSR count). The lowest BCUT2D eigenvalue weighted by molar-refractivity contribution is -0.511. The summed E-state index contributed by atoms with van der Waals surface area (Å²) in [6.07, 6.45) is 0. The molecule has 1 atom stereocenters. The molecule has 1 aromatic carbocycles. The number of nitrogens with zero attached hydrogens (tertiary/aromatic N) is 2. The molecule has 2 heterocycles. The fraction of sp³-hybridized carbons (Fsp3) is 0.385. The maximum Gasteiger partial charge on any atom is 0.345 e. The Balaban J connectivity index is 1.89. The highest BCUT2D eigenvalue weighted by atomic mass is 32.2. The van der Waals surface area contributed by atoms with Crippen molar-refractivity contribution in [1.82, 2.24) is 4.90 Å². The van der Waals surface area contributed by atoms with Crippen LogP contribution in [0.2, 0.25) is 0 Å². The number of carboxylic acids is 1. The number of aliphatic carboxylic acids is 1. The molecule has 0 amide bonds. The van der Waals surface area contributed by atoms with Crippen molar-refractivity contribution in [1.29, 1.82) is 0 Å². The molecule has 0 saturated carbocycles. The number of hydrogen-bond acceptors (Lipinski definition) is 3. The van der Waals surface area contributed by atoms with Gasteiger partial charge in [0.15, 0.2) is 12.6 Å². The predicted octanol–water partition coefficient (Wildman–Crippen LogP) is 1.24. The van der Waals surface area contributed by atoms with Crippen molar-refractivity contribution in [2.45, 2.75) is 6.04 Å². The molecular weight excluding hydrogens is 248 g/mol. The minimum atomic E-state index is -0.766. The van der Waals surface area contributed by atoms with Gasteiger partial charge in [-0.3, -0.25) is 4.58 Å².